The van der Waals surface area contributed by atoms with E-state index in [1.807, 2.05) is 0 Å². The van der Waals surface area contributed by atoms with Gasteiger partial charge in [0, 0.05) is 17.8 Å². The molecule has 4 nitrogen and oxygen atoms in total. The summed E-state index contributed by atoms with van der Waals surface area (Å²) in [6, 6.07) is 8.40. The molecule has 2 rings (SSSR count). The zero-order valence-corrected chi connectivity index (χ0v) is 8.14. The lowest BCUT2D eigenvalue weighted by molar-refractivity contribution is 0.415. The highest BCUT2D eigenvalue weighted by Gasteiger charge is 2.02. The van der Waals surface area contributed by atoms with Crippen molar-refractivity contribution in [3.63, 3.8) is 0 Å². The summed E-state index contributed by atoms with van der Waals surface area (Å²) in [5, 5.41) is 0. The Morgan fingerprint density at radius 1 is 1.20 bits per heavy atom. The molecule has 0 aliphatic carbocycles. The second-order valence-corrected chi connectivity index (χ2v) is 2.90. The molecule has 1 heterocycles. The largest absolute Gasteiger partial charge is 0.497 e. The lowest BCUT2D eigenvalue weighted by Crippen LogP contribution is -1.97. The summed E-state index contributed by atoms with van der Waals surface area (Å²) < 4.78 is 9.95. The van der Waals surface area contributed by atoms with E-state index in [2.05, 4.69) is 4.98 Å². The topological polar surface area (TPSA) is 52.3 Å². The molecule has 0 aliphatic heterocycles. The van der Waals surface area contributed by atoms with Crippen LogP contribution < -0.4 is 10.4 Å². The highest BCUT2D eigenvalue weighted by Crippen LogP contribution is 2.18. The average molecular weight is 203 g/mol. The standard InChI is InChI=1S/C11H9NO3/c1-14-9-4-2-8(3-5-9)11-12-7-6-10(13)15-11/h2-7H,1H3. The van der Waals surface area contributed by atoms with E-state index in [0.29, 0.717) is 5.89 Å². The lowest BCUT2D eigenvalue weighted by Gasteiger charge is -2.00. The minimum absolute atomic E-state index is 0.310. The summed E-state index contributed by atoms with van der Waals surface area (Å²) in [5.41, 5.74) is 0.337. The fourth-order valence-electron chi connectivity index (χ4n) is 1.19. The Hall–Kier alpha value is -2.10. The number of benzene rings is 1. The van der Waals surface area contributed by atoms with Gasteiger partial charge in [-0.2, -0.15) is 0 Å². The molecule has 1 aromatic carbocycles. The van der Waals surface area contributed by atoms with Crippen LogP contribution in [0, 0.1) is 0 Å². The van der Waals surface area contributed by atoms with Crippen LogP contribution in [0.25, 0.3) is 11.5 Å². The summed E-state index contributed by atoms with van der Waals surface area (Å²) in [6.07, 6.45) is 1.42. The van der Waals surface area contributed by atoms with Crippen LogP contribution >= 0.6 is 0 Å². The summed E-state index contributed by atoms with van der Waals surface area (Å²) >= 11 is 0. The lowest BCUT2D eigenvalue weighted by atomic mass is 10.2. The molecule has 0 N–H and O–H groups in total. The molecule has 15 heavy (non-hydrogen) atoms. The van der Waals surface area contributed by atoms with Crippen molar-refractivity contribution in [2.24, 2.45) is 0 Å². The number of rotatable bonds is 2. The van der Waals surface area contributed by atoms with Crippen molar-refractivity contribution in [3.05, 3.63) is 46.9 Å². The van der Waals surface area contributed by atoms with Crippen molar-refractivity contribution in [1.29, 1.82) is 0 Å². The third kappa shape index (κ3) is 2.04. The summed E-state index contributed by atoms with van der Waals surface area (Å²) in [7, 11) is 1.59. The van der Waals surface area contributed by atoms with E-state index in [4.69, 9.17) is 9.15 Å². The van der Waals surface area contributed by atoms with Crippen LogP contribution in [-0.2, 0) is 0 Å². The number of aromatic nitrogens is 1. The van der Waals surface area contributed by atoms with Crippen molar-refractivity contribution in [3.8, 4) is 17.2 Å². The van der Waals surface area contributed by atoms with Crippen LogP contribution in [0.4, 0.5) is 0 Å². The zero-order chi connectivity index (χ0) is 10.7. The van der Waals surface area contributed by atoms with Crippen LogP contribution in [0.3, 0.4) is 0 Å². The molecule has 0 fully saturated rings. The van der Waals surface area contributed by atoms with Gasteiger partial charge in [0.2, 0.25) is 5.89 Å². The predicted octanol–water partition coefficient (Wildman–Crippen LogP) is 1.71. The van der Waals surface area contributed by atoms with E-state index in [1.54, 1.807) is 31.4 Å². The number of methoxy groups -OCH3 is 1. The molecule has 0 saturated heterocycles. The van der Waals surface area contributed by atoms with Crippen LogP contribution in [0.1, 0.15) is 0 Å². The van der Waals surface area contributed by atoms with Crippen molar-refractivity contribution < 1.29 is 9.15 Å². The molecule has 76 valence electrons. The van der Waals surface area contributed by atoms with E-state index in [1.165, 1.54) is 12.3 Å². The van der Waals surface area contributed by atoms with Gasteiger partial charge in [-0.1, -0.05) is 0 Å². The Balaban J connectivity index is 2.41. The molecular weight excluding hydrogens is 194 g/mol. The summed E-state index contributed by atoms with van der Waals surface area (Å²) in [4.78, 5) is 14.9. The minimum atomic E-state index is -0.407. The first-order valence-corrected chi connectivity index (χ1v) is 4.40. The molecule has 0 bridgehead atoms. The number of nitrogens with zero attached hydrogens (tertiary/aromatic N) is 1. The minimum Gasteiger partial charge on any atom is -0.497 e. The SMILES string of the molecule is COc1ccc(-c2nccc(=O)o2)cc1. The second kappa shape index (κ2) is 3.96. The first-order chi connectivity index (χ1) is 7.29. The van der Waals surface area contributed by atoms with E-state index < -0.39 is 5.63 Å². The molecule has 2 aromatic rings. The monoisotopic (exact) mass is 203 g/mol. The highest BCUT2D eigenvalue weighted by atomic mass is 16.5. The maximum atomic E-state index is 11.0. The van der Waals surface area contributed by atoms with Crippen LogP contribution in [-0.4, -0.2) is 12.1 Å². The highest BCUT2D eigenvalue weighted by molar-refractivity contribution is 5.53. The van der Waals surface area contributed by atoms with Gasteiger partial charge in [0.25, 0.3) is 0 Å². The molecule has 0 saturated carbocycles. The van der Waals surface area contributed by atoms with Crippen molar-refractivity contribution >= 4 is 0 Å². The third-order valence-electron chi connectivity index (χ3n) is 1.94. The number of hydrogen-bond acceptors (Lipinski definition) is 4. The molecule has 0 spiro atoms. The molecule has 0 unspecified atom stereocenters. The molecule has 4 heteroatoms. The van der Waals surface area contributed by atoms with Gasteiger partial charge in [0.15, 0.2) is 0 Å². The smallest absolute Gasteiger partial charge is 0.339 e. The first-order valence-electron chi connectivity index (χ1n) is 4.40. The molecule has 0 aliphatic rings. The van der Waals surface area contributed by atoms with Crippen molar-refractivity contribution in [2.75, 3.05) is 7.11 Å². The fraction of sp³-hybridized carbons (Fsp3) is 0.0909. The van der Waals surface area contributed by atoms with Gasteiger partial charge < -0.3 is 9.15 Å². The van der Waals surface area contributed by atoms with Crippen LogP contribution in [0.5, 0.6) is 5.75 Å². The van der Waals surface area contributed by atoms with Gasteiger partial charge in [-0.25, -0.2) is 9.78 Å². The maximum Gasteiger partial charge on any atom is 0.339 e. The van der Waals surface area contributed by atoms with Gasteiger partial charge in [0.1, 0.15) is 5.75 Å². The van der Waals surface area contributed by atoms with Gasteiger partial charge in [-0.3, -0.25) is 0 Å². The van der Waals surface area contributed by atoms with E-state index in [9.17, 15) is 4.79 Å². The molecule has 0 radical (unpaired) electrons. The van der Waals surface area contributed by atoms with Gasteiger partial charge in [0.05, 0.1) is 7.11 Å². The third-order valence-corrected chi connectivity index (χ3v) is 1.94. The quantitative estimate of drug-likeness (QED) is 0.745. The zero-order valence-electron chi connectivity index (χ0n) is 8.14. The fourth-order valence-corrected chi connectivity index (χ4v) is 1.19. The summed E-state index contributed by atoms with van der Waals surface area (Å²) in [5.74, 6) is 1.06. The van der Waals surface area contributed by atoms with Crippen molar-refractivity contribution in [1.82, 2.24) is 4.98 Å². The molecular formula is C11H9NO3. The Morgan fingerprint density at radius 2 is 1.93 bits per heavy atom. The number of ether oxygens (including phenoxy) is 1. The van der Waals surface area contributed by atoms with Gasteiger partial charge >= 0.3 is 5.63 Å². The average Bonchev–Trinajstić information content (AvgIpc) is 2.29. The van der Waals surface area contributed by atoms with Gasteiger partial charge in [-0.15, -0.1) is 0 Å². The Bertz CT molecular complexity index is 502. The Kier molecular flexibility index (Phi) is 2.49. The van der Waals surface area contributed by atoms with Crippen LogP contribution in [0.15, 0.2) is 45.7 Å². The number of hydrogen-bond donors (Lipinski definition) is 0. The van der Waals surface area contributed by atoms with Crippen LogP contribution in [0.2, 0.25) is 0 Å². The molecule has 0 amide bonds. The second-order valence-electron chi connectivity index (χ2n) is 2.90. The van der Waals surface area contributed by atoms with E-state index in [0.717, 1.165) is 11.3 Å². The normalized spacial score (nSPS) is 9.93. The maximum absolute atomic E-state index is 11.0. The summed E-state index contributed by atoms with van der Waals surface area (Å²) in [6.45, 7) is 0. The molecule has 0 atom stereocenters. The Morgan fingerprint density at radius 3 is 2.53 bits per heavy atom. The molecule has 1 aromatic heterocycles. The van der Waals surface area contributed by atoms with Gasteiger partial charge in [-0.05, 0) is 24.3 Å². The first kappa shape index (κ1) is 9.45. The van der Waals surface area contributed by atoms with E-state index >= 15 is 0 Å². The predicted molar refractivity (Wildman–Crippen MR) is 54.8 cm³/mol. The Labute approximate surface area is 86.2 Å². The van der Waals surface area contributed by atoms with Crippen molar-refractivity contribution in [2.45, 2.75) is 0 Å². The van der Waals surface area contributed by atoms with E-state index in [-0.39, 0.29) is 0 Å².